The van der Waals surface area contributed by atoms with Gasteiger partial charge in [-0.15, -0.1) is 0 Å². The van der Waals surface area contributed by atoms with Crippen LogP contribution in [0.2, 0.25) is 0 Å². The van der Waals surface area contributed by atoms with E-state index in [1.54, 1.807) is 41.5 Å². The molecule has 298 valence electrons. The molecule has 3 heterocycles. The maximum absolute atomic E-state index is 14.1. The molecule has 0 aliphatic carbocycles. The van der Waals surface area contributed by atoms with Crippen LogP contribution in [0.5, 0.6) is 0 Å². The van der Waals surface area contributed by atoms with E-state index in [4.69, 9.17) is 28.4 Å². The van der Waals surface area contributed by atoms with Crippen molar-refractivity contribution in [3.05, 3.63) is 0 Å². The normalized spacial score (nSPS) is 49.7. The largest absolute Gasteiger partial charge is 0.462 e. The van der Waals surface area contributed by atoms with Crippen LogP contribution in [-0.4, -0.2) is 148 Å². The minimum absolute atomic E-state index is 0.0936. The zero-order chi connectivity index (χ0) is 39.0. The Morgan fingerprint density at radius 1 is 0.882 bits per heavy atom. The number of ketones is 1. The summed E-state index contributed by atoms with van der Waals surface area (Å²) in [6, 6.07) is -0.353. The van der Waals surface area contributed by atoms with Gasteiger partial charge in [0.15, 0.2) is 18.4 Å². The molecule has 0 spiro atoms. The van der Waals surface area contributed by atoms with Crippen LogP contribution in [-0.2, 0) is 38.0 Å². The van der Waals surface area contributed by atoms with E-state index >= 15 is 0 Å². The lowest BCUT2D eigenvalue weighted by Gasteiger charge is -2.49. The summed E-state index contributed by atoms with van der Waals surface area (Å²) in [7, 11) is 5.15. The summed E-state index contributed by atoms with van der Waals surface area (Å²) >= 11 is 0. The van der Waals surface area contributed by atoms with Crippen molar-refractivity contribution in [1.82, 2.24) is 4.90 Å². The quantitative estimate of drug-likeness (QED) is 0.238. The Balaban J connectivity index is 2.20. The van der Waals surface area contributed by atoms with Crippen LogP contribution in [0, 0.1) is 23.7 Å². The molecule has 0 saturated carbocycles. The Bertz CT molecular complexity index is 1170. The number of nitrogens with zero attached hydrogens (tertiary/aromatic N) is 1. The van der Waals surface area contributed by atoms with Crippen molar-refractivity contribution >= 4 is 11.8 Å². The number of esters is 1. The topological polar surface area (TPSA) is 194 Å². The first-order chi connectivity index (χ1) is 23.4. The van der Waals surface area contributed by atoms with Crippen LogP contribution in [0.3, 0.4) is 0 Å². The van der Waals surface area contributed by atoms with Crippen molar-refractivity contribution in [2.24, 2.45) is 23.7 Å². The third kappa shape index (κ3) is 9.69. The molecule has 3 saturated heterocycles. The van der Waals surface area contributed by atoms with Gasteiger partial charge < -0.3 is 58.9 Å². The standard InChI is InChI=1S/C37H67NO13/c1-14-25-19(3)27(39)20(4)30(41)35(8,44)17-36(9,45)32(51-34-28(40)24(38(11)12)15-18(2)47-34)21(5)29(22(6)33(43)49-25)50-26-16-37(10,46-13)31(42)23(7)48-26/h18-29,31-32,34,39-40,42,44-45H,14-17H2,1-13H3. The van der Waals surface area contributed by atoms with Crippen molar-refractivity contribution < 1.29 is 63.5 Å². The first-order valence-corrected chi connectivity index (χ1v) is 18.5. The molecular formula is C37H67NO13. The smallest absolute Gasteiger partial charge is 0.311 e. The molecule has 18 unspecified atom stereocenters. The van der Waals surface area contributed by atoms with E-state index in [1.807, 2.05) is 25.9 Å². The minimum atomic E-state index is -2.14. The second kappa shape index (κ2) is 17.0. The number of rotatable bonds is 7. The number of hydrogen-bond acceptors (Lipinski definition) is 14. The number of ether oxygens (including phenoxy) is 6. The summed E-state index contributed by atoms with van der Waals surface area (Å²) in [5, 5.41) is 57.8. The van der Waals surface area contributed by atoms with Gasteiger partial charge in [-0.1, -0.05) is 27.7 Å². The lowest BCUT2D eigenvalue weighted by atomic mass is 9.73. The van der Waals surface area contributed by atoms with Crippen LogP contribution < -0.4 is 0 Å². The summed E-state index contributed by atoms with van der Waals surface area (Å²) < 4.78 is 37.1. The van der Waals surface area contributed by atoms with Crippen LogP contribution in [0.25, 0.3) is 0 Å². The van der Waals surface area contributed by atoms with Gasteiger partial charge in [-0.05, 0) is 68.5 Å². The van der Waals surface area contributed by atoms with E-state index in [2.05, 4.69) is 0 Å². The van der Waals surface area contributed by atoms with E-state index in [9.17, 15) is 35.1 Å². The number of methoxy groups -OCH3 is 1. The molecule has 18 atom stereocenters. The summed E-state index contributed by atoms with van der Waals surface area (Å²) in [5.74, 6) is -5.01. The Morgan fingerprint density at radius 3 is 2.04 bits per heavy atom. The van der Waals surface area contributed by atoms with Crippen LogP contribution in [0.15, 0.2) is 0 Å². The van der Waals surface area contributed by atoms with Crippen molar-refractivity contribution in [3.8, 4) is 0 Å². The van der Waals surface area contributed by atoms with E-state index in [1.165, 1.54) is 27.9 Å². The summed E-state index contributed by atoms with van der Waals surface area (Å²) in [4.78, 5) is 29.8. The number of likely N-dealkylation sites (N-methyl/N-ethyl adjacent to an activating group) is 1. The highest BCUT2D eigenvalue weighted by atomic mass is 16.7. The fourth-order valence-electron chi connectivity index (χ4n) is 8.43. The van der Waals surface area contributed by atoms with E-state index in [0.717, 1.165) is 0 Å². The Morgan fingerprint density at radius 2 is 1.49 bits per heavy atom. The van der Waals surface area contributed by atoms with Crippen molar-refractivity contribution in [3.63, 3.8) is 0 Å². The molecule has 0 aromatic rings. The number of Topliss-reactive ketones (excluding diaryl/α,β-unsaturated/α-hetero) is 1. The maximum atomic E-state index is 14.1. The van der Waals surface area contributed by atoms with E-state index in [-0.39, 0.29) is 18.6 Å². The summed E-state index contributed by atoms with van der Waals surface area (Å²) in [6.07, 6.45) is -9.44. The number of hydrogen-bond donors (Lipinski definition) is 5. The van der Waals surface area contributed by atoms with Gasteiger partial charge in [0.25, 0.3) is 0 Å². The third-order valence-electron chi connectivity index (χ3n) is 11.8. The third-order valence-corrected chi connectivity index (χ3v) is 11.8. The predicted molar refractivity (Wildman–Crippen MR) is 186 cm³/mol. The van der Waals surface area contributed by atoms with Gasteiger partial charge in [0.2, 0.25) is 0 Å². The minimum Gasteiger partial charge on any atom is -0.462 e. The molecule has 0 amide bonds. The van der Waals surface area contributed by atoms with Gasteiger partial charge in [0.1, 0.15) is 23.9 Å². The van der Waals surface area contributed by atoms with Gasteiger partial charge in [-0.3, -0.25) is 9.59 Å². The van der Waals surface area contributed by atoms with Gasteiger partial charge in [0.05, 0.1) is 47.6 Å². The van der Waals surface area contributed by atoms with Crippen LogP contribution in [0.1, 0.15) is 94.9 Å². The number of carbonyl (C=O) groups is 2. The first-order valence-electron chi connectivity index (χ1n) is 18.5. The zero-order valence-corrected chi connectivity index (χ0v) is 32.9. The molecule has 14 heteroatoms. The first kappa shape index (κ1) is 44.1. The monoisotopic (exact) mass is 733 g/mol. The highest BCUT2D eigenvalue weighted by molar-refractivity contribution is 5.89. The highest BCUT2D eigenvalue weighted by Crippen LogP contribution is 2.41. The molecule has 3 fully saturated rings. The molecule has 0 aromatic heterocycles. The molecule has 3 rings (SSSR count). The fourth-order valence-corrected chi connectivity index (χ4v) is 8.43. The van der Waals surface area contributed by atoms with Crippen LogP contribution in [0.4, 0.5) is 0 Å². The molecule has 5 N–H and O–H groups in total. The van der Waals surface area contributed by atoms with Crippen molar-refractivity contribution in [2.75, 3.05) is 21.2 Å². The number of cyclic esters (lactones) is 1. The van der Waals surface area contributed by atoms with Gasteiger partial charge in [-0.25, -0.2) is 0 Å². The van der Waals surface area contributed by atoms with Gasteiger partial charge >= 0.3 is 5.97 Å². The average Bonchev–Trinajstić information content (AvgIpc) is 3.05. The zero-order valence-electron chi connectivity index (χ0n) is 32.9. The SMILES string of the molecule is CCC1OC(=O)C(C)C(OC2CC(C)(OC)C(O)C(C)O2)C(C)C(OC2OC(C)CC(N(C)C)C2O)C(C)(O)CC(C)(O)C(=O)C(C)C(O)C1C. The second-order valence-corrected chi connectivity index (χ2v) is 16.5. The van der Waals surface area contributed by atoms with Gasteiger partial charge in [-0.2, -0.15) is 0 Å². The van der Waals surface area contributed by atoms with Crippen molar-refractivity contribution in [2.45, 2.75) is 179 Å². The van der Waals surface area contributed by atoms with Gasteiger partial charge in [0, 0.05) is 43.7 Å². The Labute approximate surface area is 304 Å². The average molecular weight is 734 g/mol. The van der Waals surface area contributed by atoms with Crippen LogP contribution >= 0.6 is 0 Å². The fraction of sp³-hybridized carbons (Fsp3) is 0.946. The predicted octanol–water partition coefficient (Wildman–Crippen LogP) is 1.79. The number of carbonyl (C=O) groups excluding carboxylic acids is 2. The highest BCUT2D eigenvalue weighted by Gasteiger charge is 2.54. The Kier molecular flexibility index (Phi) is 14.7. The lowest BCUT2D eigenvalue weighted by Crippen LogP contribution is -2.62. The molecule has 14 nitrogen and oxygen atoms in total. The maximum Gasteiger partial charge on any atom is 0.311 e. The number of aliphatic hydroxyl groups excluding tert-OH is 3. The number of aliphatic hydroxyl groups is 5. The molecule has 3 aliphatic heterocycles. The summed E-state index contributed by atoms with van der Waals surface area (Å²) in [6.45, 7) is 16.3. The molecule has 3 aliphatic rings. The Hall–Kier alpha value is -1.30. The van der Waals surface area contributed by atoms with E-state index in [0.29, 0.717) is 12.8 Å². The molecular weight excluding hydrogens is 666 g/mol. The van der Waals surface area contributed by atoms with Crippen molar-refractivity contribution in [1.29, 1.82) is 0 Å². The second-order valence-electron chi connectivity index (χ2n) is 16.5. The molecule has 0 aromatic carbocycles. The summed E-state index contributed by atoms with van der Waals surface area (Å²) in [5.41, 5.74) is -5.20. The molecule has 51 heavy (non-hydrogen) atoms. The molecule has 0 bridgehead atoms. The molecule has 0 radical (unpaired) electrons. The lowest BCUT2D eigenvalue weighted by molar-refractivity contribution is -0.318. The van der Waals surface area contributed by atoms with E-state index < -0.39 is 114 Å².